The Kier molecular flexibility index (Phi) is 2.32. The SMILES string of the molecule is Nc1nc2nc[nH]c2c(=O)n1-c1ccc2ccccc2c1. The molecule has 2 aromatic carbocycles. The molecular formula is C15H11N5O. The summed E-state index contributed by atoms with van der Waals surface area (Å²) in [6.45, 7) is 0. The highest BCUT2D eigenvalue weighted by molar-refractivity contribution is 5.84. The average molecular weight is 277 g/mol. The molecule has 0 aliphatic carbocycles. The predicted octanol–water partition coefficient (Wildman–Crippen LogP) is 1.84. The molecule has 0 aliphatic heterocycles. The summed E-state index contributed by atoms with van der Waals surface area (Å²) >= 11 is 0. The quantitative estimate of drug-likeness (QED) is 0.555. The Morgan fingerprint density at radius 2 is 1.90 bits per heavy atom. The summed E-state index contributed by atoms with van der Waals surface area (Å²) in [5.74, 6) is 0.120. The predicted molar refractivity (Wildman–Crippen MR) is 81.4 cm³/mol. The first-order valence-electron chi connectivity index (χ1n) is 6.45. The van der Waals surface area contributed by atoms with Crippen molar-refractivity contribution in [2.24, 2.45) is 0 Å². The maximum atomic E-state index is 12.5. The maximum Gasteiger partial charge on any atom is 0.285 e. The second kappa shape index (κ2) is 4.17. The lowest BCUT2D eigenvalue weighted by atomic mass is 10.1. The van der Waals surface area contributed by atoms with Gasteiger partial charge in [0.05, 0.1) is 12.0 Å². The highest BCUT2D eigenvalue weighted by Crippen LogP contribution is 2.19. The van der Waals surface area contributed by atoms with Crippen molar-refractivity contribution in [1.82, 2.24) is 19.5 Å². The minimum Gasteiger partial charge on any atom is -0.369 e. The van der Waals surface area contributed by atoms with E-state index in [9.17, 15) is 4.79 Å². The topological polar surface area (TPSA) is 89.6 Å². The second-order valence-corrected chi connectivity index (χ2v) is 4.74. The molecule has 2 heterocycles. The van der Waals surface area contributed by atoms with Crippen molar-refractivity contribution in [3.63, 3.8) is 0 Å². The fraction of sp³-hybridized carbons (Fsp3) is 0. The van der Waals surface area contributed by atoms with Crippen LogP contribution in [-0.4, -0.2) is 19.5 Å². The van der Waals surface area contributed by atoms with E-state index in [2.05, 4.69) is 15.0 Å². The van der Waals surface area contributed by atoms with E-state index < -0.39 is 0 Å². The van der Waals surface area contributed by atoms with E-state index in [1.54, 1.807) is 0 Å². The van der Waals surface area contributed by atoms with Gasteiger partial charge in [0, 0.05) is 0 Å². The van der Waals surface area contributed by atoms with E-state index >= 15 is 0 Å². The average Bonchev–Trinajstić information content (AvgIpc) is 2.95. The smallest absolute Gasteiger partial charge is 0.285 e. The Hall–Kier alpha value is -3.15. The van der Waals surface area contributed by atoms with Gasteiger partial charge in [-0.15, -0.1) is 0 Å². The van der Waals surface area contributed by atoms with Crippen LogP contribution < -0.4 is 11.3 Å². The van der Waals surface area contributed by atoms with Crippen LogP contribution in [0, 0.1) is 0 Å². The summed E-state index contributed by atoms with van der Waals surface area (Å²) in [5, 5.41) is 2.13. The van der Waals surface area contributed by atoms with Crippen LogP contribution in [0.2, 0.25) is 0 Å². The zero-order chi connectivity index (χ0) is 14.4. The van der Waals surface area contributed by atoms with Crippen LogP contribution in [0.4, 0.5) is 5.95 Å². The minimum absolute atomic E-state index is 0.120. The molecule has 4 aromatic rings. The van der Waals surface area contributed by atoms with Gasteiger partial charge in [-0.25, -0.2) is 9.55 Å². The Morgan fingerprint density at radius 1 is 1.10 bits per heavy atom. The van der Waals surface area contributed by atoms with Gasteiger partial charge < -0.3 is 10.7 Å². The highest BCUT2D eigenvalue weighted by Gasteiger charge is 2.12. The molecule has 0 spiro atoms. The third kappa shape index (κ3) is 1.69. The Labute approximate surface area is 118 Å². The van der Waals surface area contributed by atoms with Gasteiger partial charge in [-0.3, -0.25) is 4.79 Å². The number of hydrogen-bond donors (Lipinski definition) is 2. The molecule has 0 unspecified atom stereocenters. The summed E-state index contributed by atoms with van der Waals surface area (Å²) in [6, 6.07) is 13.6. The largest absolute Gasteiger partial charge is 0.369 e. The molecule has 0 saturated heterocycles. The number of nitrogens with two attached hydrogens (primary N) is 1. The Morgan fingerprint density at radius 3 is 2.76 bits per heavy atom. The first-order valence-corrected chi connectivity index (χ1v) is 6.45. The lowest BCUT2D eigenvalue weighted by Gasteiger charge is -2.09. The number of imidazole rings is 1. The molecular weight excluding hydrogens is 266 g/mol. The standard InChI is InChI=1S/C15H11N5O/c16-15-19-13-12(17-8-18-13)14(21)20(15)11-6-5-9-3-1-2-4-10(9)7-11/h1-8H,(H2,16,19)(H,17,18). The molecule has 6 heteroatoms. The van der Waals surface area contributed by atoms with Gasteiger partial charge in [0.2, 0.25) is 5.95 Å². The monoisotopic (exact) mass is 277 g/mol. The molecule has 0 fully saturated rings. The molecule has 0 saturated carbocycles. The molecule has 3 N–H and O–H groups in total. The first-order chi connectivity index (χ1) is 10.2. The summed E-state index contributed by atoms with van der Waals surface area (Å²) < 4.78 is 1.38. The fourth-order valence-electron chi connectivity index (χ4n) is 2.47. The van der Waals surface area contributed by atoms with Gasteiger partial charge in [-0.1, -0.05) is 30.3 Å². The van der Waals surface area contributed by atoms with Gasteiger partial charge in [-0.2, -0.15) is 4.98 Å². The van der Waals surface area contributed by atoms with Crippen LogP contribution in [0.5, 0.6) is 0 Å². The van der Waals surface area contributed by atoms with Crippen molar-refractivity contribution >= 4 is 27.9 Å². The van der Waals surface area contributed by atoms with Crippen LogP contribution in [0.15, 0.2) is 53.6 Å². The molecule has 2 aromatic heterocycles. The van der Waals surface area contributed by atoms with Crippen molar-refractivity contribution < 1.29 is 0 Å². The molecule has 4 rings (SSSR count). The number of aromatic nitrogens is 4. The zero-order valence-electron chi connectivity index (χ0n) is 10.9. The number of hydrogen-bond acceptors (Lipinski definition) is 4. The Balaban J connectivity index is 2.05. The van der Waals surface area contributed by atoms with Crippen LogP contribution in [-0.2, 0) is 0 Å². The summed E-state index contributed by atoms with van der Waals surface area (Å²) in [6.07, 6.45) is 1.43. The number of nitrogen functional groups attached to an aromatic ring is 1. The van der Waals surface area contributed by atoms with E-state index in [1.165, 1.54) is 10.9 Å². The number of aromatic amines is 1. The van der Waals surface area contributed by atoms with Crippen molar-refractivity contribution in [1.29, 1.82) is 0 Å². The third-order valence-electron chi connectivity index (χ3n) is 3.48. The van der Waals surface area contributed by atoms with E-state index in [1.807, 2.05) is 42.5 Å². The molecule has 0 atom stereocenters. The van der Waals surface area contributed by atoms with Gasteiger partial charge in [0.1, 0.15) is 0 Å². The summed E-state index contributed by atoms with van der Waals surface area (Å²) in [4.78, 5) is 23.4. The van der Waals surface area contributed by atoms with Crippen molar-refractivity contribution in [2.75, 3.05) is 5.73 Å². The minimum atomic E-state index is -0.259. The molecule has 6 nitrogen and oxygen atoms in total. The Bertz CT molecular complexity index is 1030. The lowest BCUT2D eigenvalue weighted by molar-refractivity contribution is 0.978. The molecule has 0 radical (unpaired) electrons. The van der Waals surface area contributed by atoms with E-state index in [0.717, 1.165) is 10.8 Å². The number of H-pyrrole nitrogens is 1. The molecule has 0 aliphatic rings. The maximum absolute atomic E-state index is 12.5. The van der Waals surface area contributed by atoms with Gasteiger partial charge in [0.25, 0.3) is 5.56 Å². The fourth-order valence-corrected chi connectivity index (χ4v) is 2.47. The summed E-state index contributed by atoms with van der Waals surface area (Å²) in [7, 11) is 0. The van der Waals surface area contributed by atoms with Crippen LogP contribution in [0.1, 0.15) is 0 Å². The first kappa shape index (κ1) is 11.7. The van der Waals surface area contributed by atoms with Crippen molar-refractivity contribution in [2.45, 2.75) is 0 Å². The van der Waals surface area contributed by atoms with Crippen LogP contribution >= 0.6 is 0 Å². The lowest BCUT2D eigenvalue weighted by Crippen LogP contribution is -2.23. The molecule has 102 valence electrons. The number of fused-ring (bicyclic) bond motifs is 2. The number of benzene rings is 2. The van der Waals surface area contributed by atoms with Gasteiger partial charge >= 0.3 is 0 Å². The third-order valence-corrected chi connectivity index (χ3v) is 3.48. The van der Waals surface area contributed by atoms with Gasteiger partial charge in [0.15, 0.2) is 11.2 Å². The van der Waals surface area contributed by atoms with Crippen molar-refractivity contribution in [3.8, 4) is 5.69 Å². The number of nitrogens with one attached hydrogen (secondary N) is 1. The van der Waals surface area contributed by atoms with Crippen molar-refractivity contribution in [3.05, 3.63) is 59.1 Å². The van der Waals surface area contributed by atoms with E-state index in [4.69, 9.17) is 5.73 Å². The summed E-state index contributed by atoms with van der Waals surface area (Å²) in [5.41, 5.74) is 7.02. The van der Waals surface area contributed by atoms with Gasteiger partial charge in [-0.05, 0) is 22.9 Å². The number of anilines is 1. The second-order valence-electron chi connectivity index (χ2n) is 4.74. The molecule has 21 heavy (non-hydrogen) atoms. The van der Waals surface area contributed by atoms with Crippen LogP contribution in [0.3, 0.4) is 0 Å². The van der Waals surface area contributed by atoms with E-state index in [-0.39, 0.29) is 11.5 Å². The molecule has 0 bridgehead atoms. The molecule has 0 amide bonds. The van der Waals surface area contributed by atoms with E-state index in [0.29, 0.717) is 16.9 Å². The highest BCUT2D eigenvalue weighted by atomic mass is 16.1. The van der Waals surface area contributed by atoms with Crippen LogP contribution in [0.25, 0.3) is 27.6 Å². The number of nitrogens with zero attached hydrogens (tertiary/aromatic N) is 3. The normalized spacial score (nSPS) is 11.2. The number of rotatable bonds is 1. The zero-order valence-corrected chi connectivity index (χ0v) is 10.9.